The number of anilines is 1. The molecule has 17 heavy (non-hydrogen) atoms. The molecule has 1 saturated heterocycles. The summed E-state index contributed by atoms with van der Waals surface area (Å²) in [6, 6.07) is 1.56. The van der Waals surface area contributed by atoms with Gasteiger partial charge in [0, 0.05) is 19.3 Å². The number of rotatable bonds is 2. The summed E-state index contributed by atoms with van der Waals surface area (Å²) in [6.07, 6.45) is 2.75. The van der Waals surface area contributed by atoms with E-state index in [1.807, 2.05) is 4.90 Å². The van der Waals surface area contributed by atoms with Crippen LogP contribution in [0.4, 0.5) is 11.8 Å². The molecular formula is C11H12N4O2. The van der Waals surface area contributed by atoms with Gasteiger partial charge in [0.2, 0.25) is 0 Å². The maximum absolute atomic E-state index is 10.8. The van der Waals surface area contributed by atoms with Crippen molar-refractivity contribution in [3.8, 4) is 0 Å². The van der Waals surface area contributed by atoms with E-state index in [-0.39, 0.29) is 5.92 Å². The van der Waals surface area contributed by atoms with Gasteiger partial charge in [0.1, 0.15) is 0 Å². The minimum absolute atomic E-state index is 0.268. The van der Waals surface area contributed by atoms with E-state index in [0.29, 0.717) is 37.7 Å². The van der Waals surface area contributed by atoms with Crippen LogP contribution < -0.4 is 4.90 Å². The number of carboxylic acid groups (broad SMARTS) is 1. The van der Waals surface area contributed by atoms with Gasteiger partial charge in [0.05, 0.1) is 5.92 Å². The predicted molar refractivity (Wildman–Crippen MR) is 60.9 cm³/mol. The van der Waals surface area contributed by atoms with Gasteiger partial charge in [0.15, 0.2) is 0 Å². The Morgan fingerprint density at radius 1 is 1.53 bits per heavy atom. The van der Waals surface area contributed by atoms with Crippen LogP contribution in [0.25, 0.3) is 4.85 Å². The number of carbonyl (C=O) groups is 1. The molecule has 0 aliphatic carbocycles. The number of hydrogen-bond donors (Lipinski definition) is 1. The number of aliphatic carboxylic acids is 1. The van der Waals surface area contributed by atoms with Gasteiger partial charge < -0.3 is 14.9 Å². The first kappa shape index (κ1) is 11.3. The average Bonchev–Trinajstić information content (AvgIpc) is 2.39. The van der Waals surface area contributed by atoms with Crippen molar-refractivity contribution in [3.05, 3.63) is 23.7 Å². The minimum Gasteiger partial charge on any atom is -0.481 e. The van der Waals surface area contributed by atoms with Crippen molar-refractivity contribution in [2.45, 2.75) is 12.8 Å². The summed E-state index contributed by atoms with van der Waals surface area (Å²) in [4.78, 5) is 24.2. The number of hydrogen-bond acceptors (Lipinski definition) is 4. The quantitative estimate of drug-likeness (QED) is 0.779. The van der Waals surface area contributed by atoms with Gasteiger partial charge in [-0.2, -0.15) is 0 Å². The van der Waals surface area contributed by atoms with Gasteiger partial charge >= 0.3 is 11.9 Å². The topological polar surface area (TPSA) is 70.7 Å². The van der Waals surface area contributed by atoms with Crippen LogP contribution in [-0.4, -0.2) is 34.1 Å². The minimum atomic E-state index is -0.736. The molecule has 1 N–H and O–H groups in total. The highest BCUT2D eigenvalue weighted by Gasteiger charge is 2.26. The molecule has 0 amide bonds. The van der Waals surface area contributed by atoms with Crippen LogP contribution in [0.1, 0.15) is 12.8 Å². The van der Waals surface area contributed by atoms with Gasteiger partial charge in [-0.3, -0.25) is 4.79 Å². The van der Waals surface area contributed by atoms with E-state index in [9.17, 15) is 4.79 Å². The smallest absolute Gasteiger partial charge is 0.322 e. The van der Waals surface area contributed by atoms with Gasteiger partial charge in [-0.1, -0.05) is 11.6 Å². The lowest BCUT2D eigenvalue weighted by molar-refractivity contribution is -0.142. The largest absolute Gasteiger partial charge is 0.481 e. The van der Waals surface area contributed by atoms with Crippen LogP contribution >= 0.6 is 0 Å². The maximum atomic E-state index is 10.8. The molecule has 1 aliphatic rings. The van der Waals surface area contributed by atoms with Crippen LogP contribution in [0.2, 0.25) is 0 Å². The average molecular weight is 232 g/mol. The van der Waals surface area contributed by atoms with Crippen LogP contribution in [-0.2, 0) is 4.79 Å². The fraction of sp³-hybridized carbons (Fsp3) is 0.455. The van der Waals surface area contributed by atoms with E-state index in [1.165, 1.54) is 0 Å². The summed E-state index contributed by atoms with van der Waals surface area (Å²) in [5.74, 6) is -0.173. The fourth-order valence-electron chi connectivity index (χ4n) is 1.88. The summed E-state index contributed by atoms with van der Waals surface area (Å²) in [6.45, 7) is 8.13. The molecule has 6 heteroatoms. The van der Waals surface area contributed by atoms with E-state index >= 15 is 0 Å². The van der Waals surface area contributed by atoms with E-state index in [2.05, 4.69) is 14.8 Å². The van der Waals surface area contributed by atoms with E-state index in [4.69, 9.17) is 11.7 Å². The van der Waals surface area contributed by atoms with Crippen molar-refractivity contribution in [3.63, 3.8) is 0 Å². The van der Waals surface area contributed by atoms with Crippen LogP contribution in [0, 0.1) is 12.5 Å². The van der Waals surface area contributed by atoms with Crippen molar-refractivity contribution in [1.29, 1.82) is 0 Å². The fourth-order valence-corrected chi connectivity index (χ4v) is 1.88. The first-order valence-electron chi connectivity index (χ1n) is 5.39. The Balaban J connectivity index is 2.05. The second-order valence-electron chi connectivity index (χ2n) is 3.93. The Bertz CT molecular complexity index is 461. The van der Waals surface area contributed by atoms with Crippen molar-refractivity contribution in [1.82, 2.24) is 9.97 Å². The molecule has 0 aromatic carbocycles. The third-order valence-corrected chi connectivity index (χ3v) is 2.87. The van der Waals surface area contributed by atoms with E-state index in [1.54, 1.807) is 12.3 Å². The normalized spacial score (nSPS) is 16.5. The highest BCUT2D eigenvalue weighted by molar-refractivity contribution is 5.70. The molecule has 0 unspecified atom stereocenters. The Labute approximate surface area is 98.7 Å². The molecule has 88 valence electrons. The zero-order valence-corrected chi connectivity index (χ0v) is 9.20. The SMILES string of the molecule is [C-]#[N+]c1ccnc(N2CCC(C(=O)O)CC2)n1. The molecule has 1 aliphatic heterocycles. The summed E-state index contributed by atoms with van der Waals surface area (Å²) in [5, 5.41) is 8.89. The summed E-state index contributed by atoms with van der Waals surface area (Å²) in [7, 11) is 0. The lowest BCUT2D eigenvalue weighted by atomic mass is 9.97. The first-order valence-corrected chi connectivity index (χ1v) is 5.39. The first-order chi connectivity index (χ1) is 8.20. The van der Waals surface area contributed by atoms with Crippen LogP contribution in [0.5, 0.6) is 0 Å². The highest BCUT2D eigenvalue weighted by Crippen LogP contribution is 2.21. The number of carboxylic acids is 1. The lowest BCUT2D eigenvalue weighted by Gasteiger charge is -2.28. The summed E-state index contributed by atoms with van der Waals surface area (Å²) >= 11 is 0. The number of nitrogens with zero attached hydrogens (tertiary/aromatic N) is 4. The van der Waals surface area contributed by atoms with Gasteiger partial charge in [0.25, 0.3) is 5.82 Å². The third kappa shape index (κ3) is 2.50. The van der Waals surface area contributed by atoms with Crippen LogP contribution in [0.15, 0.2) is 12.3 Å². The number of aromatic nitrogens is 2. The van der Waals surface area contributed by atoms with Crippen molar-refractivity contribution in [2.75, 3.05) is 18.0 Å². The molecule has 0 radical (unpaired) electrons. The van der Waals surface area contributed by atoms with Crippen molar-refractivity contribution in [2.24, 2.45) is 5.92 Å². The Morgan fingerprint density at radius 2 is 2.24 bits per heavy atom. The molecule has 0 saturated carbocycles. The Hall–Kier alpha value is -2.16. The molecule has 1 aromatic heterocycles. The molecule has 2 rings (SSSR count). The van der Waals surface area contributed by atoms with Crippen molar-refractivity contribution < 1.29 is 9.90 Å². The van der Waals surface area contributed by atoms with Crippen LogP contribution in [0.3, 0.4) is 0 Å². The van der Waals surface area contributed by atoms with E-state index < -0.39 is 5.97 Å². The molecule has 6 nitrogen and oxygen atoms in total. The molecule has 2 heterocycles. The molecule has 1 aromatic rings. The van der Waals surface area contributed by atoms with Gasteiger partial charge in [-0.05, 0) is 18.9 Å². The molecule has 0 bridgehead atoms. The lowest BCUT2D eigenvalue weighted by Crippen LogP contribution is -2.37. The molecular weight excluding hydrogens is 220 g/mol. The number of piperidine rings is 1. The Kier molecular flexibility index (Phi) is 3.19. The molecule has 0 atom stereocenters. The second kappa shape index (κ2) is 4.78. The summed E-state index contributed by atoms with van der Waals surface area (Å²) < 4.78 is 0. The predicted octanol–water partition coefficient (Wildman–Crippen LogP) is 1.33. The zero-order chi connectivity index (χ0) is 12.3. The van der Waals surface area contributed by atoms with E-state index in [0.717, 1.165) is 0 Å². The monoisotopic (exact) mass is 232 g/mol. The molecule has 0 spiro atoms. The second-order valence-corrected chi connectivity index (χ2v) is 3.93. The molecule has 1 fully saturated rings. The maximum Gasteiger partial charge on any atom is 0.322 e. The third-order valence-electron chi connectivity index (χ3n) is 2.87. The highest BCUT2D eigenvalue weighted by atomic mass is 16.4. The van der Waals surface area contributed by atoms with Crippen molar-refractivity contribution >= 4 is 17.7 Å². The zero-order valence-electron chi connectivity index (χ0n) is 9.20. The van der Waals surface area contributed by atoms with Gasteiger partial charge in [-0.25, -0.2) is 4.98 Å². The summed E-state index contributed by atoms with van der Waals surface area (Å²) in [5.41, 5.74) is 0. The standard InChI is InChI=1S/C11H12N4O2/c1-12-9-2-5-13-11(14-9)15-6-3-8(4-7-15)10(16)17/h2,5,8H,3-4,6-7H2,(H,16,17). The Morgan fingerprint density at radius 3 is 2.82 bits per heavy atom. The van der Waals surface area contributed by atoms with Gasteiger partial charge in [-0.15, -0.1) is 0 Å².